The lowest BCUT2D eigenvalue weighted by molar-refractivity contribution is -0.166. The van der Waals surface area contributed by atoms with Crippen LogP contribution in [0.2, 0.25) is 0 Å². The lowest BCUT2D eigenvalue weighted by Gasteiger charge is -2.18. The largest absolute Gasteiger partial charge is 0.462 e. The SMILES string of the molecule is CCCCCCCC/C=C\C/C=C\CCC(=O)OCC(COC(=O)CCCCCCCCCCCC)OC(=O)CC/C=C\C/C=C\CCCCCCCC. The van der Waals surface area contributed by atoms with E-state index in [1.165, 1.54) is 122 Å². The highest BCUT2D eigenvalue weighted by Gasteiger charge is 2.19. The molecule has 0 amide bonds. The summed E-state index contributed by atoms with van der Waals surface area (Å²) in [6.45, 7) is 6.49. The maximum Gasteiger partial charge on any atom is 0.306 e. The van der Waals surface area contributed by atoms with Crippen LogP contribution in [-0.2, 0) is 28.6 Å². The molecule has 1 atom stereocenters. The van der Waals surface area contributed by atoms with E-state index in [0.29, 0.717) is 19.3 Å². The zero-order valence-corrected chi connectivity index (χ0v) is 35.5. The van der Waals surface area contributed by atoms with Crippen molar-refractivity contribution in [3.8, 4) is 0 Å². The second-order valence-electron chi connectivity index (χ2n) is 15.0. The van der Waals surface area contributed by atoms with Crippen LogP contribution in [0.1, 0.15) is 220 Å². The minimum absolute atomic E-state index is 0.111. The third-order valence-electron chi connectivity index (χ3n) is 9.58. The highest BCUT2D eigenvalue weighted by Crippen LogP contribution is 2.13. The van der Waals surface area contributed by atoms with Gasteiger partial charge in [-0.25, -0.2) is 0 Å². The van der Waals surface area contributed by atoms with Gasteiger partial charge in [-0.15, -0.1) is 0 Å². The summed E-state index contributed by atoms with van der Waals surface area (Å²) in [5, 5.41) is 0. The van der Waals surface area contributed by atoms with Gasteiger partial charge >= 0.3 is 17.9 Å². The Morgan fingerprint density at radius 3 is 1.13 bits per heavy atom. The van der Waals surface area contributed by atoms with Crippen molar-refractivity contribution in [1.82, 2.24) is 0 Å². The number of hydrogen-bond donors (Lipinski definition) is 0. The molecular formula is C48H84O6. The van der Waals surface area contributed by atoms with Crippen LogP contribution in [0, 0.1) is 0 Å². The summed E-state index contributed by atoms with van der Waals surface area (Å²) < 4.78 is 16.6. The van der Waals surface area contributed by atoms with Crippen LogP contribution in [0.5, 0.6) is 0 Å². The van der Waals surface area contributed by atoms with Crippen LogP contribution in [0.15, 0.2) is 48.6 Å². The number of carbonyl (C=O) groups excluding carboxylic acids is 3. The van der Waals surface area contributed by atoms with Crippen molar-refractivity contribution in [2.24, 2.45) is 0 Å². The molecule has 0 saturated carbocycles. The fraction of sp³-hybridized carbons (Fsp3) is 0.771. The summed E-state index contributed by atoms with van der Waals surface area (Å²) in [5.74, 6) is -1.05. The van der Waals surface area contributed by atoms with Gasteiger partial charge in [0.1, 0.15) is 13.2 Å². The highest BCUT2D eigenvalue weighted by atomic mass is 16.6. The van der Waals surface area contributed by atoms with Gasteiger partial charge in [-0.3, -0.25) is 14.4 Å². The normalized spacial score (nSPS) is 12.4. The Morgan fingerprint density at radius 2 is 0.704 bits per heavy atom. The van der Waals surface area contributed by atoms with Gasteiger partial charge in [0, 0.05) is 19.3 Å². The van der Waals surface area contributed by atoms with Crippen molar-refractivity contribution in [3.63, 3.8) is 0 Å². The van der Waals surface area contributed by atoms with Gasteiger partial charge in [-0.2, -0.15) is 0 Å². The Kier molecular flexibility index (Phi) is 41.0. The summed E-state index contributed by atoms with van der Waals surface area (Å²) >= 11 is 0. The molecule has 0 N–H and O–H groups in total. The monoisotopic (exact) mass is 757 g/mol. The smallest absolute Gasteiger partial charge is 0.306 e. The molecule has 0 aliphatic rings. The van der Waals surface area contributed by atoms with E-state index in [-0.39, 0.29) is 38.0 Å². The number of unbranched alkanes of at least 4 members (excludes halogenated alkanes) is 21. The molecule has 0 aliphatic carbocycles. The molecule has 0 aromatic rings. The molecule has 312 valence electrons. The van der Waals surface area contributed by atoms with Crippen molar-refractivity contribution in [2.45, 2.75) is 226 Å². The van der Waals surface area contributed by atoms with Gasteiger partial charge < -0.3 is 14.2 Å². The Labute approximate surface area is 333 Å². The molecule has 0 aromatic carbocycles. The van der Waals surface area contributed by atoms with Crippen LogP contribution in [0.4, 0.5) is 0 Å². The van der Waals surface area contributed by atoms with Crippen LogP contribution < -0.4 is 0 Å². The zero-order chi connectivity index (χ0) is 39.4. The molecular weight excluding hydrogens is 673 g/mol. The second-order valence-corrected chi connectivity index (χ2v) is 15.0. The fourth-order valence-electron chi connectivity index (χ4n) is 6.13. The lowest BCUT2D eigenvalue weighted by atomic mass is 10.1. The van der Waals surface area contributed by atoms with E-state index in [1.54, 1.807) is 0 Å². The molecule has 0 saturated heterocycles. The minimum atomic E-state index is -0.820. The third-order valence-corrected chi connectivity index (χ3v) is 9.58. The molecule has 0 spiro atoms. The molecule has 0 heterocycles. The van der Waals surface area contributed by atoms with Gasteiger partial charge in [0.25, 0.3) is 0 Å². The first-order valence-electron chi connectivity index (χ1n) is 22.6. The molecule has 0 radical (unpaired) electrons. The Bertz CT molecular complexity index is 964. The predicted molar refractivity (Wildman–Crippen MR) is 229 cm³/mol. The molecule has 0 aliphatic heterocycles. The number of hydrogen-bond acceptors (Lipinski definition) is 6. The van der Waals surface area contributed by atoms with Crippen LogP contribution in [-0.4, -0.2) is 37.2 Å². The van der Waals surface area contributed by atoms with Crippen molar-refractivity contribution in [1.29, 1.82) is 0 Å². The Hall–Kier alpha value is -2.63. The summed E-state index contributed by atoms with van der Waals surface area (Å²) in [7, 11) is 0. The van der Waals surface area contributed by atoms with Crippen molar-refractivity contribution in [3.05, 3.63) is 48.6 Å². The number of esters is 3. The third kappa shape index (κ3) is 40.6. The van der Waals surface area contributed by atoms with Crippen LogP contribution in [0.3, 0.4) is 0 Å². The summed E-state index contributed by atoms with van der Waals surface area (Å²) in [5.41, 5.74) is 0. The summed E-state index contributed by atoms with van der Waals surface area (Å²) in [4.78, 5) is 37.6. The van der Waals surface area contributed by atoms with Crippen molar-refractivity contribution < 1.29 is 28.6 Å². The molecule has 0 rings (SSSR count). The summed E-state index contributed by atoms with van der Waals surface area (Å²) in [6.07, 6.45) is 49.8. The molecule has 1 unspecified atom stereocenters. The quantitative estimate of drug-likeness (QED) is 0.0268. The topological polar surface area (TPSA) is 78.9 Å². The van der Waals surface area contributed by atoms with Crippen LogP contribution >= 0.6 is 0 Å². The average molecular weight is 757 g/mol. The van der Waals surface area contributed by atoms with E-state index < -0.39 is 12.1 Å². The van der Waals surface area contributed by atoms with Gasteiger partial charge in [0.05, 0.1) is 0 Å². The van der Waals surface area contributed by atoms with Crippen molar-refractivity contribution in [2.75, 3.05) is 13.2 Å². The van der Waals surface area contributed by atoms with E-state index in [0.717, 1.165) is 44.9 Å². The molecule has 6 heteroatoms. The first kappa shape index (κ1) is 51.4. The average Bonchev–Trinajstić information content (AvgIpc) is 3.17. The van der Waals surface area contributed by atoms with Gasteiger partial charge in [-0.05, 0) is 57.8 Å². The number of rotatable bonds is 40. The van der Waals surface area contributed by atoms with Crippen LogP contribution in [0.25, 0.3) is 0 Å². The number of carbonyl (C=O) groups is 3. The fourth-order valence-corrected chi connectivity index (χ4v) is 6.13. The van der Waals surface area contributed by atoms with E-state index >= 15 is 0 Å². The van der Waals surface area contributed by atoms with E-state index in [4.69, 9.17) is 14.2 Å². The first-order valence-corrected chi connectivity index (χ1v) is 22.6. The lowest BCUT2D eigenvalue weighted by Crippen LogP contribution is -2.30. The van der Waals surface area contributed by atoms with Crippen molar-refractivity contribution >= 4 is 17.9 Å². The predicted octanol–water partition coefficient (Wildman–Crippen LogP) is 14.4. The second kappa shape index (κ2) is 43.1. The molecule has 0 bridgehead atoms. The minimum Gasteiger partial charge on any atom is -0.462 e. The maximum absolute atomic E-state index is 12.7. The molecule has 0 fully saturated rings. The van der Waals surface area contributed by atoms with E-state index in [9.17, 15) is 14.4 Å². The Balaban J connectivity index is 4.52. The molecule has 6 nitrogen and oxygen atoms in total. The van der Waals surface area contributed by atoms with E-state index in [1.807, 2.05) is 12.2 Å². The maximum atomic E-state index is 12.7. The van der Waals surface area contributed by atoms with E-state index in [2.05, 4.69) is 57.2 Å². The molecule has 54 heavy (non-hydrogen) atoms. The van der Waals surface area contributed by atoms with Gasteiger partial charge in [0.2, 0.25) is 0 Å². The zero-order valence-electron chi connectivity index (χ0n) is 35.5. The van der Waals surface area contributed by atoms with Gasteiger partial charge in [0.15, 0.2) is 6.10 Å². The standard InChI is InChI=1S/C48H84O6/c1-4-7-10-13-16-19-22-24-26-29-32-35-38-41-47(50)53-44-45(43-52-46(49)40-37-34-31-28-21-18-15-12-9-6-3)54-48(51)42-39-36-33-30-27-25-23-20-17-14-11-8-5-2/h24-27,32-33,35-36,45H,4-23,28-31,34,37-44H2,1-3H3/b26-24-,27-25-,35-32-,36-33-. The number of allylic oxidation sites excluding steroid dienone is 8. The first-order chi connectivity index (χ1) is 26.5. The number of ether oxygens (including phenoxy) is 3. The Morgan fingerprint density at radius 1 is 0.370 bits per heavy atom. The van der Waals surface area contributed by atoms with Gasteiger partial charge in [-0.1, -0.05) is 191 Å². The summed E-state index contributed by atoms with van der Waals surface area (Å²) in [6, 6.07) is 0. The molecule has 0 aromatic heterocycles. The highest BCUT2D eigenvalue weighted by molar-refractivity contribution is 5.71.